The van der Waals surface area contributed by atoms with E-state index in [2.05, 4.69) is 30.7 Å². The summed E-state index contributed by atoms with van der Waals surface area (Å²) < 4.78 is 10.7. The van der Waals surface area contributed by atoms with Gasteiger partial charge in [-0.1, -0.05) is 45.0 Å². The second kappa shape index (κ2) is 9.25. The fourth-order valence-electron chi connectivity index (χ4n) is 2.92. The molecular weight excluding hydrogens is 330 g/mol. The molecule has 5 heteroatoms. The van der Waals surface area contributed by atoms with Crippen LogP contribution in [-0.2, 0) is 30.6 Å². The highest BCUT2D eigenvalue weighted by molar-refractivity contribution is 5.86. The van der Waals surface area contributed by atoms with Crippen molar-refractivity contribution in [2.75, 3.05) is 12.2 Å². The zero-order valence-corrected chi connectivity index (χ0v) is 15.9. The molecule has 0 spiro atoms. The Hall–Kier alpha value is -2.53. The summed E-state index contributed by atoms with van der Waals surface area (Å²) in [4.78, 5) is 11.7. The predicted octanol–water partition coefficient (Wildman–Crippen LogP) is 4.91. The highest BCUT2D eigenvalue weighted by Gasteiger charge is 2.19. The van der Waals surface area contributed by atoms with Crippen LogP contribution in [-0.4, -0.2) is 18.4 Å². The van der Waals surface area contributed by atoms with Crippen LogP contribution in [0.15, 0.2) is 36.4 Å². The Morgan fingerprint density at radius 2 is 1.77 bits per heavy atom. The van der Waals surface area contributed by atoms with Gasteiger partial charge in [0, 0.05) is 5.56 Å². The van der Waals surface area contributed by atoms with Crippen molar-refractivity contribution in [2.24, 2.45) is 0 Å². The number of rotatable bonds is 7. The molecule has 0 aliphatic heterocycles. The molecule has 1 amide bonds. The van der Waals surface area contributed by atoms with Crippen LogP contribution in [0.5, 0.6) is 5.75 Å². The third-order valence-corrected chi connectivity index (χ3v) is 4.49. The van der Waals surface area contributed by atoms with Crippen LogP contribution in [0, 0.1) is 0 Å². The summed E-state index contributed by atoms with van der Waals surface area (Å²) in [6.07, 6.45) is 1.78. The number of hydrogen-bond donors (Lipinski definition) is 1. The molecule has 0 fully saturated rings. The van der Waals surface area contributed by atoms with E-state index in [9.17, 15) is 10.0 Å². The molecule has 0 atom stereocenters. The van der Waals surface area contributed by atoms with Gasteiger partial charge in [-0.3, -0.25) is 5.21 Å². The van der Waals surface area contributed by atoms with Crippen LogP contribution in [0.4, 0.5) is 10.5 Å². The summed E-state index contributed by atoms with van der Waals surface area (Å²) in [5.74, 6) is 0.823. The minimum Gasteiger partial charge on any atom is -0.489 e. The summed E-state index contributed by atoms with van der Waals surface area (Å²) in [6.45, 7) is 6.50. The van der Waals surface area contributed by atoms with Crippen molar-refractivity contribution in [1.29, 1.82) is 0 Å². The minimum atomic E-state index is -0.832. The second-order valence-corrected chi connectivity index (χ2v) is 5.99. The lowest BCUT2D eigenvalue weighted by Gasteiger charge is -2.20. The van der Waals surface area contributed by atoms with Crippen LogP contribution in [0.25, 0.3) is 0 Å². The van der Waals surface area contributed by atoms with Crippen molar-refractivity contribution in [2.45, 2.75) is 46.6 Å². The van der Waals surface area contributed by atoms with Crippen LogP contribution in [0.2, 0.25) is 0 Å². The van der Waals surface area contributed by atoms with E-state index in [1.54, 1.807) is 12.1 Å². The molecule has 0 aromatic heterocycles. The van der Waals surface area contributed by atoms with E-state index < -0.39 is 6.09 Å². The smallest absolute Gasteiger partial charge is 0.438 e. The van der Waals surface area contributed by atoms with Gasteiger partial charge in [0.1, 0.15) is 12.4 Å². The Kier molecular flexibility index (Phi) is 7.04. The van der Waals surface area contributed by atoms with Crippen LogP contribution in [0.1, 0.15) is 43.0 Å². The van der Waals surface area contributed by atoms with E-state index >= 15 is 0 Å². The molecule has 0 saturated carbocycles. The standard InChI is InChI=1S/C21H27NO4/c1-5-15-11-12-20(17(7-3)13-15)26-14-18-16(6-2)9-8-10-19(18)22(24)21(23)25-4/h8-13,24H,5-7,14H2,1-4H3. The van der Waals surface area contributed by atoms with E-state index in [1.807, 2.05) is 19.1 Å². The van der Waals surface area contributed by atoms with Crippen molar-refractivity contribution >= 4 is 11.8 Å². The lowest BCUT2D eigenvalue weighted by atomic mass is 10.0. The van der Waals surface area contributed by atoms with Gasteiger partial charge in [-0.15, -0.1) is 0 Å². The van der Waals surface area contributed by atoms with Crippen molar-refractivity contribution in [3.05, 3.63) is 58.7 Å². The maximum Gasteiger partial charge on any atom is 0.438 e. The van der Waals surface area contributed by atoms with E-state index in [-0.39, 0.29) is 6.61 Å². The molecule has 0 saturated heterocycles. The first-order valence-corrected chi connectivity index (χ1v) is 8.97. The third-order valence-electron chi connectivity index (χ3n) is 4.49. The Balaban J connectivity index is 2.33. The van der Waals surface area contributed by atoms with Gasteiger partial charge in [0.2, 0.25) is 0 Å². The Labute approximate surface area is 155 Å². The van der Waals surface area contributed by atoms with Gasteiger partial charge < -0.3 is 9.47 Å². The maximum absolute atomic E-state index is 11.7. The van der Waals surface area contributed by atoms with E-state index in [0.717, 1.165) is 41.7 Å². The van der Waals surface area contributed by atoms with Gasteiger partial charge in [0.25, 0.3) is 0 Å². The Morgan fingerprint density at radius 1 is 1.04 bits per heavy atom. The quantitative estimate of drug-likeness (QED) is 0.565. The number of benzene rings is 2. The monoisotopic (exact) mass is 357 g/mol. The highest BCUT2D eigenvalue weighted by Crippen LogP contribution is 2.28. The zero-order chi connectivity index (χ0) is 19.1. The molecule has 2 aromatic carbocycles. The topological polar surface area (TPSA) is 59.0 Å². The average molecular weight is 357 g/mol. The number of anilines is 1. The Morgan fingerprint density at radius 3 is 2.38 bits per heavy atom. The van der Waals surface area contributed by atoms with Gasteiger partial charge in [-0.05, 0) is 48.1 Å². The molecule has 26 heavy (non-hydrogen) atoms. The van der Waals surface area contributed by atoms with Gasteiger partial charge in [-0.25, -0.2) is 4.79 Å². The first-order chi connectivity index (χ1) is 12.5. The molecule has 0 aliphatic carbocycles. The first kappa shape index (κ1) is 19.8. The van der Waals surface area contributed by atoms with E-state index in [1.165, 1.54) is 12.7 Å². The lowest BCUT2D eigenvalue weighted by Crippen LogP contribution is -2.28. The summed E-state index contributed by atoms with van der Waals surface area (Å²) in [6, 6.07) is 11.7. The van der Waals surface area contributed by atoms with E-state index in [4.69, 9.17) is 4.74 Å². The number of ether oxygens (including phenoxy) is 2. The fraction of sp³-hybridized carbons (Fsp3) is 0.381. The van der Waals surface area contributed by atoms with Crippen molar-refractivity contribution in [3.8, 4) is 5.75 Å². The van der Waals surface area contributed by atoms with Gasteiger partial charge >= 0.3 is 6.09 Å². The molecule has 5 nitrogen and oxygen atoms in total. The maximum atomic E-state index is 11.7. The molecule has 1 N–H and O–H groups in total. The van der Waals surface area contributed by atoms with Crippen molar-refractivity contribution in [1.82, 2.24) is 0 Å². The zero-order valence-electron chi connectivity index (χ0n) is 15.9. The Bertz CT molecular complexity index is 758. The third kappa shape index (κ3) is 4.35. The SMILES string of the molecule is CCc1ccc(OCc2c(CC)cccc2N(O)C(=O)OC)c(CC)c1. The summed E-state index contributed by atoms with van der Waals surface area (Å²) in [7, 11) is 1.23. The number of aryl methyl sites for hydroxylation is 3. The summed E-state index contributed by atoms with van der Waals surface area (Å²) in [5, 5.41) is 10.7. The molecule has 2 aromatic rings. The summed E-state index contributed by atoms with van der Waals surface area (Å²) >= 11 is 0. The number of hydroxylamine groups is 1. The molecular formula is C21H27NO4. The molecule has 0 radical (unpaired) electrons. The number of carbonyl (C=O) groups is 1. The van der Waals surface area contributed by atoms with Gasteiger partial charge in [0.15, 0.2) is 0 Å². The molecule has 0 aliphatic rings. The molecule has 0 unspecified atom stereocenters. The van der Waals surface area contributed by atoms with Crippen LogP contribution >= 0.6 is 0 Å². The first-order valence-electron chi connectivity index (χ1n) is 8.97. The van der Waals surface area contributed by atoms with Crippen molar-refractivity contribution < 1.29 is 19.5 Å². The molecule has 0 bridgehead atoms. The van der Waals surface area contributed by atoms with Gasteiger partial charge in [0.05, 0.1) is 12.8 Å². The molecule has 0 heterocycles. The minimum absolute atomic E-state index is 0.256. The predicted molar refractivity (Wildman–Crippen MR) is 102 cm³/mol. The number of amides is 1. The highest BCUT2D eigenvalue weighted by atomic mass is 16.6. The van der Waals surface area contributed by atoms with Crippen LogP contribution in [0.3, 0.4) is 0 Å². The normalized spacial score (nSPS) is 10.5. The average Bonchev–Trinajstić information content (AvgIpc) is 2.70. The number of nitrogens with zero attached hydrogens (tertiary/aromatic N) is 1. The largest absolute Gasteiger partial charge is 0.489 e. The number of hydrogen-bond acceptors (Lipinski definition) is 4. The molecule has 2 rings (SSSR count). The van der Waals surface area contributed by atoms with Gasteiger partial charge in [-0.2, -0.15) is 5.06 Å². The van der Waals surface area contributed by atoms with Crippen molar-refractivity contribution in [3.63, 3.8) is 0 Å². The molecule has 140 valence electrons. The van der Waals surface area contributed by atoms with Crippen LogP contribution < -0.4 is 9.80 Å². The number of methoxy groups -OCH3 is 1. The fourth-order valence-corrected chi connectivity index (χ4v) is 2.92. The van der Waals surface area contributed by atoms with E-state index in [0.29, 0.717) is 10.8 Å². The summed E-state index contributed by atoms with van der Waals surface area (Å²) in [5.41, 5.74) is 4.57. The lowest BCUT2D eigenvalue weighted by molar-refractivity contribution is 0.140. The second-order valence-electron chi connectivity index (χ2n) is 5.99. The number of carbonyl (C=O) groups excluding carboxylic acids is 1.